The van der Waals surface area contributed by atoms with Crippen LogP contribution in [0.25, 0.3) is 0 Å². The van der Waals surface area contributed by atoms with E-state index in [9.17, 15) is 9.59 Å². The van der Waals surface area contributed by atoms with Gasteiger partial charge in [-0.3, -0.25) is 9.59 Å². The van der Waals surface area contributed by atoms with E-state index in [2.05, 4.69) is 0 Å². The van der Waals surface area contributed by atoms with Gasteiger partial charge in [0.15, 0.2) is 0 Å². The molecule has 0 aromatic rings. The second-order valence-corrected chi connectivity index (χ2v) is 3.23. The van der Waals surface area contributed by atoms with Crippen LogP contribution in [0.4, 0.5) is 0 Å². The van der Waals surface area contributed by atoms with Crippen LogP contribution in [-0.4, -0.2) is 22.2 Å². The van der Waals surface area contributed by atoms with E-state index >= 15 is 0 Å². The molecule has 1 fully saturated rings. The molecular formula is C8H12O4. The van der Waals surface area contributed by atoms with Crippen LogP contribution in [0.15, 0.2) is 0 Å². The van der Waals surface area contributed by atoms with Crippen molar-refractivity contribution in [2.24, 2.45) is 11.8 Å². The average Bonchev–Trinajstić information content (AvgIpc) is 1.80. The Hall–Kier alpha value is -1.06. The first-order valence-corrected chi connectivity index (χ1v) is 4.06. The third-order valence-electron chi connectivity index (χ3n) is 2.43. The highest BCUT2D eigenvalue weighted by Gasteiger charge is 2.33. The van der Waals surface area contributed by atoms with Crippen LogP contribution >= 0.6 is 0 Å². The molecule has 12 heavy (non-hydrogen) atoms. The fourth-order valence-electron chi connectivity index (χ4n) is 1.49. The third-order valence-corrected chi connectivity index (χ3v) is 2.43. The molecule has 0 amide bonds. The Kier molecular flexibility index (Phi) is 2.68. The van der Waals surface area contributed by atoms with Gasteiger partial charge in [0.05, 0.1) is 12.3 Å². The van der Waals surface area contributed by atoms with Crippen LogP contribution in [0, 0.1) is 11.8 Å². The molecule has 0 spiro atoms. The lowest BCUT2D eigenvalue weighted by Gasteiger charge is -2.30. The van der Waals surface area contributed by atoms with Crippen molar-refractivity contribution < 1.29 is 19.8 Å². The molecule has 0 radical (unpaired) electrons. The van der Waals surface area contributed by atoms with Crippen LogP contribution < -0.4 is 0 Å². The standard InChI is InChI=1S/C8H12O4/c9-7(10)4-6(8(11)12)5-2-1-3-5/h5-6H,1-4H2,(H,9,10)(H,11,12). The van der Waals surface area contributed by atoms with Gasteiger partial charge >= 0.3 is 11.9 Å². The Morgan fingerprint density at radius 1 is 1.33 bits per heavy atom. The van der Waals surface area contributed by atoms with E-state index in [0.29, 0.717) is 0 Å². The molecule has 0 heterocycles. The minimum absolute atomic E-state index is 0.0959. The van der Waals surface area contributed by atoms with Gasteiger partial charge in [0.1, 0.15) is 0 Å². The van der Waals surface area contributed by atoms with Crippen molar-refractivity contribution in [3.8, 4) is 0 Å². The molecule has 1 aliphatic rings. The largest absolute Gasteiger partial charge is 0.481 e. The fourth-order valence-corrected chi connectivity index (χ4v) is 1.49. The minimum Gasteiger partial charge on any atom is -0.481 e. The van der Waals surface area contributed by atoms with Crippen LogP contribution in [0.2, 0.25) is 0 Å². The summed E-state index contributed by atoms with van der Waals surface area (Å²) in [6.07, 6.45) is 2.53. The van der Waals surface area contributed by atoms with E-state index in [0.717, 1.165) is 19.3 Å². The van der Waals surface area contributed by atoms with Crippen LogP contribution in [-0.2, 0) is 9.59 Å². The Morgan fingerprint density at radius 2 is 1.92 bits per heavy atom. The minimum atomic E-state index is -1.02. The summed E-state index contributed by atoms with van der Waals surface area (Å²) in [6, 6.07) is 0. The molecule has 1 saturated carbocycles. The number of carboxylic acids is 2. The second-order valence-electron chi connectivity index (χ2n) is 3.23. The number of hydrogen-bond donors (Lipinski definition) is 2. The summed E-state index contributed by atoms with van der Waals surface area (Å²) >= 11 is 0. The predicted octanol–water partition coefficient (Wildman–Crippen LogP) is 0.962. The lowest BCUT2D eigenvalue weighted by molar-refractivity contribution is -0.151. The zero-order chi connectivity index (χ0) is 9.14. The first kappa shape index (κ1) is 9.03. The Labute approximate surface area is 70.2 Å². The molecule has 0 saturated heterocycles. The van der Waals surface area contributed by atoms with Crippen LogP contribution in [0.1, 0.15) is 25.7 Å². The maximum atomic E-state index is 10.6. The normalized spacial score (nSPS) is 19.7. The highest BCUT2D eigenvalue weighted by Crippen LogP contribution is 2.35. The van der Waals surface area contributed by atoms with Crippen molar-refractivity contribution in [3.05, 3.63) is 0 Å². The van der Waals surface area contributed by atoms with E-state index in [1.165, 1.54) is 0 Å². The summed E-state index contributed by atoms with van der Waals surface area (Å²) in [5.74, 6) is -2.56. The molecule has 0 aromatic heterocycles. The molecule has 4 nitrogen and oxygen atoms in total. The van der Waals surface area contributed by atoms with Gasteiger partial charge in [0.2, 0.25) is 0 Å². The first-order chi connectivity index (χ1) is 5.61. The molecule has 1 aliphatic carbocycles. The lowest BCUT2D eigenvalue weighted by Crippen LogP contribution is -2.30. The number of hydrogen-bond acceptors (Lipinski definition) is 2. The highest BCUT2D eigenvalue weighted by molar-refractivity contribution is 5.78. The van der Waals surface area contributed by atoms with Gasteiger partial charge < -0.3 is 10.2 Å². The van der Waals surface area contributed by atoms with Gasteiger partial charge in [-0.1, -0.05) is 6.42 Å². The second kappa shape index (κ2) is 3.56. The SMILES string of the molecule is O=C(O)CC(C(=O)O)C1CCC1. The third kappa shape index (κ3) is 1.96. The van der Waals surface area contributed by atoms with Gasteiger partial charge in [-0.2, -0.15) is 0 Å². The predicted molar refractivity (Wildman–Crippen MR) is 40.7 cm³/mol. The van der Waals surface area contributed by atoms with Crippen molar-refractivity contribution in [1.29, 1.82) is 0 Å². The van der Waals surface area contributed by atoms with E-state index in [1.807, 2.05) is 0 Å². The summed E-state index contributed by atoms with van der Waals surface area (Å²) in [5.41, 5.74) is 0. The maximum Gasteiger partial charge on any atom is 0.307 e. The fraction of sp³-hybridized carbons (Fsp3) is 0.750. The van der Waals surface area contributed by atoms with Gasteiger partial charge in [0.25, 0.3) is 0 Å². The van der Waals surface area contributed by atoms with Crippen molar-refractivity contribution >= 4 is 11.9 Å². The Bertz CT molecular complexity index is 195. The molecule has 0 bridgehead atoms. The van der Waals surface area contributed by atoms with Gasteiger partial charge in [0, 0.05) is 0 Å². The average molecular weight is 172 g/mol. The molecule has 4 heteroatoms. The van der Waals surface area contributed by atoms with Crippen molar-refractivity contribution in [3.63, 3.8) is 0 Å². The van der Waals surface area contributed by atoms with Gasteiger partial charge in [-0.05, 0) is 18.8 Å². The van der Waals surface area contributed by atoms with Crippen LogP contribution in [0.5, 0.6) is 0 Å². The summed E-state index contributed by atoms with van der Waals surface area (Å²) < 4.78 is 0. The maximum absolute atomic E-state index is 10.6. The molecule has 1 unspecified atom stereocenters. The summed E-state index contributed by atoms with van der Waals surface area (Å²) in [6.45, 7) is 0. The van der Waals surface area contributed by atoms with Gasteiger partial charge in [-0.15, -0.1) is 0 Å². The number of rotatable bonds is 4. The number of carbonyl (C=O) groups is 2. The Balaban J connectivity index is 2.48. The van der Waals surface area contributed by atoms with E-state index in [1.54, 1.807) is 0 Å². The molecule has 1 rings (SSSR count). The van der Waals surface area contributed by atoms with E-state index in [4.69, 9.17) is 10.2 Å². The first-order valence-electron chi connectivity index (χ1n) is 4.06. The van der Waals surface area contributed by atoms with Crippen molar-refractivity contribution in [2.75, 3.05) is 0 Å². The van der Waals surface area contributed by atoms with Crippen LogP contribution in [0.3, 0.4) is 0 Å². The quantitative estimate of drug-likeness (QED) is 0.662. The number of aliphatic carboxylic acids is 2. The summed E-state index contributed by atoms with van der Waals surface area (Å²) in [7, 11) is 0. The molecule has 0 aliphatic heterocycles. The molecule has 68 valence electrons. The highest BCUT2D eigenvalue weighted by atomic mass is 16.4. The van der Waals surface area contributed by atoms with E-state index in [-0.39, 0.29) is 12.3 Å². The summed E-state index contributed by atoms with van der Waals surface area (Å²) in [4.78, 5) is 20.9. The zero-order valence-corrected chi connectivity index (χ0v) is 6.69. The number of carboxylic acid groups (broad SMARTS) is 2. The van der Waals surface area contributed by atoms with Crippen molar-refractivity contribution in [2.45, 2.75) is 25.7 Å². The van der Waals surface area contributed by atoms with E-state index < -0.39 is 17.9 Å². The molecular weight excluding hydrogens is 160 g/mol. The monoisotopic (exact) mass is 172 g/mol. The van der Waals surface area contributed by atoms with Crippen molar-refractivity contribution in [1.82, 2.24) is 0 Å². The molecule has 0 aromatic carbocycles. The molecule has 1 atom stereocenters. The molecule has 2 N–H and O–H groups in total. The lowest BCUT2D eigenvalue weighted by atomic mass is 9.74. The summed E-state index contributed by atoms with van der Waals surface area (Å²) in [5, 5.41) is 17.1. The van der Waals surface area contributed by atoms with Gasteiger partial charge in [-0.25, -0.2) is 0 Å². The smallest absolute Gasteiger partial charge is 0.307 e. The Morgan fingerprint density at radius 3 is 2.17 bits per heavy atom. The topological polar surface area (TPSA) is 74.6 Å². The zero-order valence-electron chi connectivity index (χ0n) is 6.69.